The van der Waals surface area contributed by atoms with Gasteiger partial charge in [-0.3, -0.25) is 14.8 Å². The quantitative estimate of drug-likeness (QED) is 0.382. The average Bonchev–Trinajstić information content (AvgIpc) is 3.03. The van der Waals surface area contributed by atoms with Crippen LogP contribution in [0.2, 0.25) is 0 Å². The first kappa shape index (κ1) is 25.9. The number of ether oxygens (including phenoxy) is 1. The van der Waals surface area contributed by atoms with Crippen molar-refractivity contribution in [3.05, 3.63) is 46.9 Å². The van der Waals surface area contributed by atoms with Gasteiger partial charge in [-0.05, 0) is 51.7 Å². The summed E-state index contributed by atoms with van der Waals surface area (Å²) in [5.41, 5.74) is -0.878. The van der Waals surface area contributed by atoms with Crippen molar-refractivity contribution in [2.75, 3.05) is 32.6 Å². The van der Waals surface area contributed by atoms with Crippen molar-refractivity contribution >= 4 is 28.7 Å². The fourth-order valence-electron chi connectivity index (χ4n) is 3.30. The second-order valence-electron chi connectivity index (χ2n) is 8.03. The first-order valence-electron chi connectivity index (χ1n) is 10.5. The molecular weight excluding hydrogens is 472 g/mol. The van der Waals surface area contributed by atoms with Gasteiger partial charge in [0.2, 0.25) is 5.88 Å². The van der Waals surface area contributed by atoms with E-state index in [0.717, 1.165) is 12.6 Å². The molecule has 0 atom stereocenters. The number of anilines is 1. The molecule has 2 aromatic heterocycles. The number of aromatic nitrogens is 3. The van der Waals surface area contributed by atoms with Crippen LogP contribution in [-0.4, -0.2) is 58.8 Å². The molecule has 3 rings (SSSR count). The van der Waals surface area contributed by atoms with Crippen molar-refractivity contribution in [3.63, 3.8) is 0 Å². The minimum Gasteiger partial charge on any atom is -0.477 e. The summed E-state index contributed by atoms with van der Waals surface area (Å²) < 4.78 is 59.5. The number of hydrogen-bond donors (Lipinski definition) is 2. The highest BCUT2D eigenvalue weighted by Crippen LogP contribution is 2.33. The number of pyridine rings is 1. The van der Waals surface area contributed by atoms with Crippen molar-refractivity contribution in [1.82, 2.24) is 25.0 Å². The lowest BCUT2D eigenvalue weighted by molar-refractivity contribution is -0.139. The van der Waals surface area contributed by atoms with Crippen molar-refractivity contribution in [1.29, 1.82) is 0 Å². The molecule has 1 aromatic carbocycles. The van der Waals surface area contributed by atoms with Gasteiger partial charge < -0.3 is 15.0 Å². The molecule has 13 heteroatoms. The lowest BCUT2D eigenvalue weighted by atomic mass is 10.1. The maximum atomic E-state index is 13.5. The number of alkyl halides is 3. The number of rotatable bonds is 7. The van der Waals surface area contributed by atoms with Crippen LogP contribution in [0.15, 0.2) is 24.3 Å². The molecular formula is C22H24F4N6O3. The molecule has 0 aliphatic heterocycles. The Morgan fingerprint density at radius 1 is 1.20 bits per heavy atom. The van der Waals surface area contributed by atoms with Crippen LogP contribution in [0.5, 0.6) is 5.88 Å². The van der Waals surface area contributed by atoms with Crippen molar-refractivity contribution in [2.24, 2.45) is 7.05 Å². The number of hydrogen-bond acceptors (Lipinski definition) is 6. The van der Waals surface area contributed by atoms with E-state index in [9.17, 15) is 27.2 Å². The van der Waals surface area contributed by atoms with Crippen molar-refractivity contribution in [2.45, 2.75) is 19.5 Å². The van der Waals surface area contributed by atoms with Crippen LogP contribution in [0, 0.1) is 12.7 Å². The third-order valence-electron chi connectivity index (χ3n) is 4.95. The smallest absolute Gasteiger partial charge is 0.419 e. The number of imide groups is 1. The Balaban J connectivity index is 1.82. The maximum Gasteiger partial charge on any atom is 0.419 e. The number of nitrogens with one attached hydrogen (secondary N) is 2. The van der Waals surface area contributed by atoms with Gasteiger partial charge in [0.05, 0.1) is 17.9 Å². The summed E-state index contributed by atoms with van der Waals surface area (Å²) in [6.45, 7) is 2.70. The van der Waals surface area contributed by atoms with E-state index in [0.29, 0.717) is 35.3 Å². The van der Waals surface area contributed by atoms with E-state index >= 15 is 0 Å². The molecule has 0 radical (unpaired) electrons. The molecule has 0 fully saturated rings. The highest BCUT2D eigenvalue weighted by atomic mass is 19.4. The fraction of sp³-hybridized carbons (Fsp3) is 0.364. The Morgan fingerprint density at radius 3 is 2.57 bits per heavy atom. The second-order valence-corrected chi connectivity index (χ2v) is 8.03. The van der Waals surface area contributed by atoms with Gasteiger partial charge in [0.25, 0.3) is 5.91 Å². The van der Waals surface area contributed by atoms with Crippen molar-refractivity contribution in [3.8, 4) is 5.88 Å². The van der Waals surface area contributed by atoms with E-state index < -0.39 is 29.5 Å². The molecule has 0 spiro atoms. The van der Waals surface area contributed by atoms with E-state index in [1.807, 2.05) is 24.3 Å². The molecule has 2 heterocycles. The van der Waals surface area contributed by atoms with Crippen LogP contribution in [-0.2, 0) is 13.2 Å². The number of amides is 3. The van der Waals surface area contributed by atoms with Gasteiger partial charge in [0.1, 0.15) is 11.4 Å². The Morgan fingerprint density at radius 2 is 1.91 bits per heavy atom. The van der Waals surface area contributed by atoms with E-state index in [2.05, 4.69) is 15.4 Å². The first-order chi connectivity index (χ1) is 16.4. The highest BCUT2D eigenvalue weighted by molar-refractivity contribution is 6.10. The lowest BCUT2D eigenvalue weighted by Crippen LogP contribution is -2.34. The highest BCUT2D eigenvalue weighted by Gasteiger charge is 2.34. The zero-order valence-corrected chi connectivity index (χ0v) is 19.5. The maximum absolute atomic E-state index is 13.5. The molecule has 3 aromatic rings. The third kappa shape index (κ3) is 6.23. The molecule has 188 valence electrons. The molecule has 3 amide bonds. The zero-order valence-electron chi connectivity index (χ0n) is 19.5. The Bertz CT molecular complexity index is 1260. The van der Waals surface area contributed by atoms with Crippen LogP contribution in [0.3, 0.4) is 0 Å². The summed E-state index contributed by atoms with van der Waals surface area (Å²) in [7, 11) is 5.49. The number of benzene rings is 1. The molecule has 2 N–H and O–H groups in total. The minimum atomic E-state index is -4.95. The van der Waals surface area contributed by atoms with Gasteiger partial charge in [-0.15, -0.1) is 0 Å². The number of carbonyl (C=O) groups is 2. The predicted molar refractivity (Wildman–Crippen MR) is 120 cm³/mol. The minimum absolute atomic E-state index is 0.0225. The molecule has 0 aliphatic rings. The van der Waals surface area contributed by atoms with Crippen LogP contribution in [0.1, 0.15) is 28.0 Å². The van der Waals surface area contributed by atoms with Crippen LogP contribution in [0.4, 0.5) is 28.0 Å². The zero-order chi connectivity index (χ0) is 25.9. The van der Waals surface area contributed by atoms with Gasteiger partial charge in [-0.2, -0.15) is 23.3 Å². The summed E-state index contributed by atoms with van der Waals surface area (Å²) in [5, 5.41) is 8.96. The summed E-state index contributed by atoms with van der Waals surface area (Å²) in [5.74, 6) is -2.39. The normalized spacial score (nSPS) is 11.7. The second kappa shape index (κ2) is 10.3. The number of halogens is 4. The summed E-state index contributed by atoms with van der Waals surface area (Å²) in [4.78, 5) is 31.5. The predicted octanol–water partition coefficient (Wildman–Crippen LogP) is 3.73. The monoisotopic (exact) mass is 496 g/mol. The Kier molecular flexibility index (Phi) is 7.58. The van der Waals surface area contributed by atoms with Gasteiger partial charge >= 0.3 is 12.2 Å². The van der Waals surface area contributed by atoms with Gasteiger partial charge in [-0.1, -0.05) is 0 Å². The standard InChI is InChI=1S/C22H24F4N6O3/c1-12-14-11-15(20(28-18(14)32(4)30-12)35-9-5-8-31(2)3)19(33)29-21(34)27-13-6-7-17(23)16(10-13)22(24,25)26/h6-7,10-11H,5,8-9H2,1-4H3,(H2,27,29,33,34). The van der Waals surface area contributed by atoms with Gasteiger partial charge in [-0.25, -0.2) is 9.18 Å². The topological polar surface area (TPSA) is 101 Å². The first-order valence-corrected chi connectivity index (χ1v) is 10.5. The third-order valence-corrected chi connectivity index (χ3v) is 4.95. The Labute approximate surface area is 198 Å². The average molecular weight is 496 g/mol. The Hall–Kier alpha value is -3.74. The molecule has 35 heavy (non-hydrogen) atoms. The van der Waals surface area contributed by atoms with Crippen LogP contribution in [0.25, 0.3) is 11.0 Å². The molecule has 0 unspecified atom stereocenters. The van der Waals surface area contributed by atoms with E-state index in [-0.39, 0.29) is 23.7 Å². The SMILES string of the molecule is Cc1nn(C)c2nc(OCCCN(C)C)c(C(=O)NC(=O)Nc3ccc(F)c(C(F)(F)F)c3)cc12. The summed E-state index contributed by atoms with van der Waals surface area (Å²) >= 11 is 0. The van der Waals surface area contributed by atoms with Crippen LogP contribution >= 0.6 is 0 Å². The van der Waals surface area contributed by atoms with E-state index in [4.69, 9.17) is 4.74 Å². The fourth-order valence-corrected chi connectivity index (χ4v) is 3.30. The molecule has 0 saturated carbocycles. The van der Waals surface area contributed by atoms with Gasteiger partial charge in [0, 0.05) is 24.7 Å². The summed E-state index contributed by atoms with van der Waals surface area (Å²) in [6.07, 6.45) is -4.31. The number of fused-ring (bicyclic) bond motifs is 1. The molecule has 0 saturated heterocycles. The van der Waals surface area contributed by atoms with E-state index in [1.165, 1.54) is 10.7 Å². The lowest BCUT2D eigenvalue weighted by Gasteiger charge is -2.14. The van der Waals surface area contributed by atoms with E-state index in [1.54, 1.807) is 14.0 Å². The van der Waals surface area contributed by atoms with Gasteiger partial charge in [0.15, 0.2) is 5.65 Å². The number of carbonyl (C=O) groups excluding carboxylic acids is 2. The summed E-state index contributed by atoms with van der Waals surface area (Å²) in [6, 6.07) is 2.32. The number of aryl methyl sites for hydroxylation is 2. The van der Waals surface area contributed by atoms with Crippen molar-refractivity contribution < 1.29 is 31.9 Å². The molecule has 0 bridgehead atoms. The molecule has 9 nitrogen and oxygen atoms in total. The molecule has 0 aliphatic carbocycles. The largest absolute Gasteiger partial charge is 0.477 e. The number of urea groups is 1. The van der Waals surface area contributed by atoms with Crippen LogP contribution < -0.4 is 15.4 Å². The number of nitrogens with zero attached hydrogens (tertiary/aromatic N) is 4.